The zero-order valence-corrected chi connectivity index (χ0v) is 13.9. The molecule has 0 saturated carbocycles. The summed E-state index contributed by atoms with van der Waals surface area (Å²) in [5, 5.41) is 9.77. The van der Waals surface area contributed by atoms with E-state index in [1.165, 1.54) is 0 Å². The quantitative estimate of drug-likeness (QED) is 0.865. The van der Waals surface area contributed by atoms with Crippen LogP contribution in [0.3, 0.4) is 0 Å². The number of nitrogens with one attached hydrogen (secondary N) is 2. The third kappa shape index (κ3) is 3.64. The van der Waals surface area contributed by atoms with Crippen LogP contribution in [0.1, 0.15) is 38.7 Å². The van der Waals surface area contributed by atoms with Gasteiger partial charge in [0.05, 0.1) is 6.20 Å². The van der Waals surface area contributed by atoms with Crippen molar-refractivity contribution in [2.75, 3.05) is 20.1 Å². The van der Waals surface area contributed by atoms with Gasteiger partial charge in [-0.1, -0.05) is 13.8 Å². The number of hydrogen-bond donors (Lipinski definition) is 2. The van der Waals surface area contributed by atoms with Crippen LogP contribution in [0.2, 0.25) is 0 Å². The minimum atomic E-state index is -3.47. The van der Waals surface area contributed by atoms with Crippen molar-refractivity contribution in [3.05, 3.63) is 11.8 Å². The first-order valence-corrected chi connectivity index (χ1v) is 9.07. The molecular formula is C14H26N4O2S. The summed E-state index contributed by atoms with van der Waals surface area (Å²) in [5.74, 6) is 1.23. The number of aromatic nitrogens is 2. The van der Waals surface area contributed by atoms with E-state index in [4.69, 9.17) is 0 Å². The van der Waals surface area contributed by atoms with Crippen LogP contribution in [0.5, 0.6) is 0 Å². The largest absolute Gasteiger partial charge is 0.316 e. The highest BCUT2D eigenvalue weighted by atomic mass is 32.2. The second kappa shape index (κ2) is 6.89. The normalized spacial score (nSPS) is 21.6. The molecule has 1 fully saturated rings. The predicted molar refractivity (Wildman–Crippen MR) is 82.3 cm³/mol. The van der Waals surface area contributed by atoms with E-state index in [0.717, 1.165) is 19.3 Å². The monoisotopic (exact) mass is 314 g/mol. The molecule has 0 radical (unpaired) electrons. The van der Waals surface area contributed by atoms with Crippen molar-refractivity contribution in [3.8, 4) is 0 Å². The van der Waals surface area contributed by atoms with Crippen LogP contribution < -0.4 is 5.32 Å². The lowest BCUT2D eigenvalue weighted by Crippen LogP contribution is -2.33. The molecule has 0 aliphatic carbocycles. The van der Waals surface area contributed by atoms with E-state index in [1.807, 2.05) is 0 Å². The number of nitrogens with zero attached hydrogens (tertiary/aromatic N) is 2. The highest BCUT2D eigenvalue weighted by Crippen LogP contribution is 2.27. The van der Waals surface area contributed by atoms with Gasteiger partial charge in [-0.05, 0) is 38.1 Å². The molecule has 7 heteroatoms. The number of hydrogen-bond acceptors (Lipinski definition) is 4. The molecule has 2 rings (SSSR count). The second-order valence-electron chi connectivity index (χ2n) is 6.09. The molecule has 0 amide bonds. The number of H-pyrrole nitrogens is 1. The van der Waals surface area contributed by atoms with Gasteiger partial charge in [0, 0.05) is 25.2 Å². The molecule has 1 aliphatic rings. The van der Waals surface area contributed by atoms with Gasteiger partial charge < -0.3 is 5.32 Å². The average molecular weight is 314 g/mol. The lowest BCUT2D eigenvalue weighted by molar-refractivity contribution is 0.340. The summed E-state index contributed by atoms with van der Waals surface area (Å²) in [7, 11) is -1.67. The Kier molecular flexibility index (Phi) is 5.40. The fourth-order valence-corrected chi connectivity index (χ4v) is 4.57. The summed E-state index contributed by atoms with van der Waals surface area (Å²) < 4.78 is 27.2. The van der Waals surface area contributed by atoms with Gasteiger partial charge in [0.1, 0.15) is 0 Å². The molecule has 6 nitrogen and oxygen atoms in total. The molecule has 1 aliphatic heterocycles. The van der Waals surface area contributed by atoms with Gasteiger partial charge in [0.25, 0.3) is 10.0 Å². The predicted octanol–water partition coefficient (Wildman–Crippen LogP) is 1.58. The van der Waals surface area contributed by atoms with Crippen LogP contribution in [0.15, 0.2) is 11.2 Å². The Hall–Kier alpha value is -0.920. The maximum atomic E-state index is 12.8. The van der Waals surface area contributed by atoms with Gasteiger partial charge in [-0.3, -0.25) is 5.10 Å². The summed E-state index contributed by atoms with van der Waals surface area (Å²) >= 11 is 0. The van der Waals surface area contributed by atoms with Gasteiger partial charge in [-0.2, -0.15) is 9.40 Å². The molecule has 2 heterocycles. The van der Waals surface area contributed by atoms with Gasteiger partial charge in [-0.25, -0.2) is 8.42 Å². The Bertz CT molecular complexity index is 553. The fourth-order valence-electron chi connectivity index (χ4n) is 2.97. The Morgan fingerprint density at radius 3 is 2.86 bits per heavy atom. The minimum absolute atomic E-state index is 0.236. The van der Waals surface area contributed by atoms with E-state index in [1.54, 1.807) is 17.5 Å². The highest BCUT2D eigenvalue weighted by Gasteiger charge is 2.31. The molecule has 1 aromatic heterocycles. The van der Waals surface area contributed by atoms with E-state index >= 15 is 0 Å². The van der Waals surface area contributed by atoms with Gasteiger partial charge in [-0.15, -0.1) is 0 Å². The lowest BCUT2D eigenvalue weighted by atomic mass is 9.89. The molecule has 1 atom stereocenters. The number of aromatic amines is 1. The van der Waals surface area contributed by atoms with Crippen LogP contribution in [0.25, 0.3) is 0 Å². The summed E-state index contributed by atoms with van der Waals surface area (Å²) in [6.07, 6.45) is 4.55. The van der Waals surface area contributed by atoms with E-state index in [0.29, 0.717) is 37.0 Å². The molecular weight excluding hydrogens is 288 g/mol. The molecule has 0 spiro atoms. The third-order valence-corrected chi connectivity index (χ3v) is 6.23. The van der Waals surface area contributed by atoms with Crippen LogP contribution in [-0.2, 0) is 16.6 Å². The van der Waals surface area contributed by atoms with Gasteiger partial charge >= 0.3 is 0 Å². The smallest absolute Gasteiger partial charge is 0.260 e. The van der Waals surface area contributed by atoms with Crippen molar-refractivity contribution in [1.82, 2.24) is 19.8 Å². The van der Waals surface area contributed by atoms with Crippen LogP contribution in [0.4, 0.5) is 0 Å². The Labute approximate surface area is 127 Å². The molecule has 1 saturated heterocycles. The van der Waals surface area contributed by atoms with Crippen LogP contribution >= 0.6 is 0 Å². The molecule has 0 bridgehead atoms. The first-order valence-electron chi connectivity index (χ1n) is 7.63. The van der Waals surface area contributed by atoms with E-state index in [2.05, 4.69) is 29.4 Å². The van der Waals surface area contributed by atoms with Crippen molar-refractivity contribution in [1.29, 1.82) is 0 Å². The Morgan fingerprint density at radius 2 is 2.19 bits per heavy atom. The van der Waals surface area contributed by atoms with Gasteiger partial charge in [0.15, 0.2) is 5.03 Å². The van der Waals surface area contributed by atoms with E-state index < -0.39 is 10.0 Å². The summed E-state index contributed by atoms with van der Waals surface area (Å²) in [6, 6.07) is 0. The fraction of sp³-hybridized carbons (Fsp3) is 0.786. The average Bonchev–Trinajstić information content (AvgIpc) is 2.74. The Morgan fingerprint density at radius 1 is 1.43 bits per heavy atom. The lowest BCUT2D eigenvalue weighted by Gasteiger charge is -2.21. The molecule has 2 N–H and O–H groups in total. The molecule has 120 valence electrons. The zero-order chi connectivity index (χ0) is 15.5. The number of rotatable bonds is 5. The second-order valence-corrected chi connectivity index (χ2v) is 7.97. The van der Waals surface area contributed by atoms with Crippen molar-refractivity contribution in [3.63, 3.8) is 0 Å². The van der Waals surface area contributed by atoms with Crippen LogP contribution in [0, 0.1) is 11.8 Å². The Balaban J connectivity index is 2.17. The standard InChI is InChI=1S/C14H26N4O2S/c1-11(2)12-5-4-7-18(8-6-12)21(19,20)14-13(9-15-3)10-16-17-14/h10-12,15H,4-9H2,1-3H3,(H,16,17). The first-order chi connectivity index (χ1) is 9.96. The number of sulfonamides is 1. The van der Waals surface area contributed by atoms with Crippen LogP contribution in [-0.4, -0.2) is 43.1 Å². The zero-order valence-electron chi connectivity index (χ0n) is 13.1. The van der Waals surface area contributed by atoms with Crippen molar-refractivity contribution in [2.45, 2.75) is 44.7 Å². The maximum Gasteiger partial charge on any atom is 0.260 e. The maximum absolute atomic E-state index is 12.8. The summed E-state index contributed by atoms with van der Waals surface area (Å²) in [4.78, 5) is 0. The van der Waals surface area contributed by atoms with E-state index in [9.17, 15) is 8.42 Å². The third-order valence-electron chi connectivity index (χ3n) is 4.32. The van der Waals surface area contributed by atoms with E-state index in [-0.39, 0.29) is 5.03 Å². The first kappa shape index (κ1) is 16.5. The summed E-state index contributed by atoms with van der Waals surface area (Å²) in [5.41, 5.74) is 0.696. The van der Waals surface area contributed by atoms with Crippen molar-refractivity contribution < 1.29 is 8.42 Å². The van der Waals surface area contributed by atoms with Gasteiger partial charge in [0.2, 0.25) is 0 Å². The van der Waals surface area contributed by atoms with Crippen molar-refractivity contribution >= 4 is 10.0 Å². The highest BCUT2D eigenvalue weighted by molar-refractivity contribution is 7.89. The minimum Gasteiger partial charge on any atom is -0.316 e. The summed E-state index contributed by atoms with van der Waals surface area (Å²) in [6.45, 7) is 6.13. The molecule has 0 aromatic carbocycles. The molecule has 21 heavy (non-hydrogen) atoms. The molecule has 1 aromatic rings. The topological polar surface area (TPSA) is 78.1 Å². The SMILES string of the molecule is CNCc1cn[nH]c1S(=O)(=O)N1CCCC(C(C)C)CC1. The molecule has 1 unspecified atom stereocenters. The van der Waals surface area contributed by atoms with Crippen molar-refractivity contribution in [2.24, 2.45) is 11.8 Å².